The van der Waals surface area contributed by atoms with Gasteiger partial charge in [-0.05, 0) is 35.6 Å². The van der Waals surface area contributed by atoms with Crippen LogP contribution < -0.4 is 9.46 Å². The number of rotatable bonds is 4. The summed E-state index contributed by atoms with van der Waals surface area (Å²) in [5.41, 5.74) is 1.86. The molecule has 0 fully saturated rings. The number of sulfonamides is 1. The molecule has 23 heavy (non-hydrogen) atoms. The predicted octanol–water partition coefficient (Wildman–Crippen LogP) is 3.09. The van der Waals surface area contributed by atoms with E-state index in [1.165, 1.54) is 0 Å². The van der Waals surface area contributed by atoms with Gasteiger partial charge in [0, 0.05) is 0 Å². The molecule has 5 heteroatoms. The number of hydrogen-bond donors (Lipinski definition) is 1. The van der Waals surface area contributed by atoms with Gasteiger partial charge in [0.05, 0.1) is 10.9 Å². The minimum Gasteiger partial charge on any atom is -0.492 e. The Balaban J connectivity index is 1.83. The molecule has 0 radical (unpaired) electrons. The van der Waals surface area contributed by atoms with Crippen LogP contribution in [0.2, 0.25) is 0 Å². The van der Waals surface area contributed by atoms with Crippen LogP contribution in [-0.4, -0.2) is 21.1 Å². The molecule has 1 aliphatic heterocycles. The lowest BCUT2D eigenvalue weighted by Gasteiger charge is -2.26. The fourth-order valence-electron chi connectivity index (χ4n) is 2.89. The van der Waals surface area contributed by atoms with Crippen molar-refractivity contribution in [3.63, 3.8) is 0 Å². The van der Waals surface area contributed by atoms with Gasteiger partial charge >= 0.3 is 0 Å². The molecule has 1 atom stereocenters. The lowest BCUT2D eigenvalue weighted by molar-refractivity contribution is 0.254. The zero-order valence-electron chi connectivity index (χ0n) is 13.3. The van der Waals surface area contributed by atoms with Crippen LogP contribution in [0.15, 0.2) is 53.4 Å². The number of ether oxygens (including phenoxy) is 1. The second kappa shape index (κ2) is 6.34. The molecule has 0 bridgehead atoms. The van der Waals surface area contributed by atoms with Crippen molar-refractivity contribution < 1.29 is 13.2 Å². The monoisotopic (exact) mass is 331 g/mol. The van der Waals surface area contributed by atoms with Crippen LogP contribution in [0.5, 0.6) is 5.75 Å². The molecule has 0 saturated carbocycles. The molecule has 4 nitrogen and oxygen atoms in total. The molecule has 1 N–H and O–H groups in total. The maximum absolute atomic E-state index is 12.8. The van der Waals surface area contributed by atoms with E-state index >= 15 is 0 Å². The van der Waals surface area contributed by atoms with Crippen molar-refractivity contribution in [1.29, 1.82) is 0 Å². The quantitative estimate of drug-likeness (QED) is 0.936. The lowest BCUT2D eigenvalue weighted by Crippen LogP contribution is -2.42. The first-order chi connectivity index (χ1) is 11.0. The summed E-state index contributed by atoms with van der Waals surface area (Å²) in [6, 6.07) is 14.6. The summed E-state index contributed by atoms with van der Waals surface area (Å²) >= 11 is 0. The van der Waals surface area contributed by atoms with Crippen molar-refractivity contribution in [3.8, 4) is 5.75 Å². The van der Waals surface area contributed by atoms with Crippen LogP contribution in [0, 0.1) is 0 Å². The van der Waals surface area contributed by atoms with Crippen LogP contribution in [0.1, 0.15) is 30.9 Å². The maximum Gasteiger partial charge on any atom is 0.241 e. The molecule has 1 unspecified atom stereocenters. The van der Waals surface area contributed by atoms with E-state index in [4.69, 9.17) is 4.74 Å². The van der Waals surface area contributed by atoms with Crippen molar-refractivity contribution in [3.05, 3.63) is 59.7 Å². The molecule has 1 heterocycles. The Labute approximate surface area is 137 Å². The summed E-state index contributed by atoms with van der Waals surface area (Å²) in [6.07, 6.45) is 0.638. The van der Waals surface area contributed by atoms with Crippen LogP contribution in [0.4, 0.5) is 0 Å². The van der Waals surface area contributed by atoms with E-state index in [9.17, 15) is 8.42 Å². The fourth-order valence-corrected chi connectivity index (χ4v) is 4.48. The SMILES string of the molecule is CC(C)c1ccccc1S(=O)(=O)NC1COc2ccccc2C1. The largest absolute Gasteiger partial charge is 0.492 e. The first-order valence-electron chi connectivity index (χ1n) is 7.79. The normalized spacial score (nSPS) is 17.6. The predicted molar refractivity (Wildman–Crippen MR) is 90.3 cm³/mol. The highest BCUT2D eigenvalue weighted by Gasteiger charge is 2.27. The summed E-state index contributed by atoms with van der Waals surface area (Å²) in [6.45, 7) is 4.34. The Morgan fingerprint density at radius 3 is 2.57 bits per heavy atom. The minimum atomic E-state index is -3.57. The highest BCUT2D eigenvalue weighted by atomic mass is 32.2. The van der Waals surface area contributed by atoms with Crippen LogP contribution in [0.25, 0.3) is 0 Å². The third kappa shape index (κ3) is 3.41. The van der Waals surface area contributed by atoms with Gasteiger partial charge in [0.1, 0.15) is 12.4 Å². The van der Waals surface area contributed by atoms with Crippen molar-refractivity contribution in [1.82, 2.24) is 4.72 Å². The van der Waals surface area contributed by atoms with E-state index in [0.29, 0.717) is 17.9 Å². The Morgan fingerprint density at radius 2 is 1.78 bits per heavy atom. The molecule has 0 aromatic heterocycles. The van der Waals surface area contributed by atoms with Gasteiger partial charge in [0.25, 0.3) is 0 Å². The Hall–Kier alpha value is -1.85. The van der Waals surface area contributed by atoms with Crippen molar-refractivity contribution in [2.24, 2.45) is 0 Å². The molecule has 2 aromatic rings. The summed E-state index contributed by atoms with van der Waals surface area (Å²) in [7, 11) is -3.57. The molecule has 0 spiro atoms. The van der Waals surface area contributed by atoms with Crippen molar-refractivity contribution in [2.75, 3.05) is 6.61 Å². The van der Waals surface area contributed by atoms with Gasteiger partial charge in [0.2, 0.25) is 10.0 Å². The first kappa shape index (κ1) is 16.0. The maximum atomic E-state index is 12.8. The zero-order chi connectivity index (χ0) is 16.4. The third-order valence-corrected chi connectivity index (χ3v) is 5.63. The molecule has 1 aliphatic rings. The topological polar surface area (TPSA) is 55.4 Å². The van der Waals surface area contributed by atoms with Crippen molar-refractivity contribution in [2.45, 2.75) is 37.1 Å². The minimum absolute atomic E-state index is 0.145. The summed E-state index contributed by atoms with van der Waals surface area (Å²) in [5.74, 6) is 0.983. The third-order valence-electron chi connectivity index (χ3n) is 4.03. The fraction of sp³-hybridized carbons (Fsp3) is 0.333. The van der Waals surface area contributed by atoms with Gasteiger partial charge < -0.3 is 4.74 Å². The van der Waals surface area contributed by atoms with E-state index in [1.54, 1.807) is 12.1 Å². The van der Waals surface area contributed by atoms with E-state index < -0.39 is 10.0 Å². The van der Waals surface area contributed by atoms with Crippen molar-refractivity contribution >= 4 is 10.0 Å². The first-order valence-corrected chi connectivity index (χ1v) is 9.27. The number of fused-ring (bicyclic) bond motifs is 1. The summed E-state index contributed by atoms with van der Waals surface area (Å²) < 4.78 is 34.0. The average Bonchev–Trinajstić information content (AvgIpc) is 2.54. The molecule has 0 aliphatic carbocycles. The van der Waals surface area contributed by atoms with E-state index in [-0.39, 0.29) is 12.0 Å². The lowest BCUT2D eigenvalue weighted by atomic mass is 10.0. The average molecular weight is 331 g/mol. The Bertz CT molecular complexity index is 799. The van der Waals surface area contributed by atoms with Gasteiger partial charge in [-0.1, -0.05) is 50.2 Å². The Morgan fingerprint density at radius 1 is 1.09 bits per heavy atom. The molecule has 0 amide bonds. The molecular formula is C18H21NO3S. The van der Waals surface area contributed by atoms with Gasteiger partial charge in [-0.15, -0.1) is 0 Å². The van der Waals surface area contributed by atoms with Crippen LogP contribution in [-0.2, 0) is 16.4 Å². The second-order valence-corrected chi connectivity index (χ2v) is 7.82. The smallest absolute Gasteiger partial charge is 0.241 e. The van der Waals surface area contributed by atoms with Crippen LogP contribution in [0.3, 0.4) is 0 Å². The van der Waals surface area contributed by atoms with Gasteiger partial charge in [-0.2, -0.15) is 0 Å². The van der Waals surface area contributed by atoms with Crippen LogP contribution >= 0.6 is 0 Å². The molecule has 3 rings (SSSR count). The number of para-hydroxylation sites is 1. The van der Waals surface area contributed by atoms with Gasteiger partial charge in [0.15, 0.2) is 0 Å². The molecule has 0 saturated heterocycles. The van der Waals surface area contributed by atoms with E-state index in [0.717, 1.165) is 16.9 Å². The molecule has 122 valence electrons. The highest BCUT2D eigenvalue weighted by Crippen LogP contribution is 2.26. The standard InChI is InChI=1S/C18H21NO3S/c1-13(2)16-8-4-6-10-18(16)23(20,21)19-15-11-14-7-3-5-9-17(14)22-12-15/h3-10,13,15,19H,11-12H2,1-2H3. The highest BCUT2D eigenvalue weighted by molar-refractivity contribution is 7.89. The number of hydrogen-bond acceptors (Lipinski definition) is 3. The zero-order valence-corrected chi connectivity index (χ0v) is 14.1. The van der Waals surface area contributed by atoms with E-state index in [2.05, 4.69) is 4.72 Å². The second-order valence-electron chi connectivity index (χ2n) is 6.13. The van der Waals surface area contributed by atoms with Gasteiger partial charge in [-0.3, -0.25) is 0 Å². The number of nitrogens with one attached hydrogen (secondary N) is 1. The van der Waals surface area contributed by atoms with E-state index in [1.807, 2.05) is 50.2 Å². The summed E-state index contributed by atoms with van der Waals surface area (Å²) in [4.78, 5) is 0.355. The molecular weight excluding hydrogens is 310 g/mol. The Kier molecular flexibility index (Phi) is 4.41. The summed E-state index contributed by atoms with van der Waals surface area (Å²) in [5, 5.41) is 0. The molecule has 2 aromatic carbocycles. The number of benzene rings is 2. The van der Waals surface area contributed by atoms with Gasteiger partial charge in [-0.25, -0.2) is 13.1 Å².